The Labute approximate surface area is 208 Å². The highest BCUT2D eigenvalue weighted by Crippen LogP contribution is 2.43. The average Bonchev–Trinajstić information content (AvgIpc) is 2.91. The summed E-state index contributed by atoms with van der Waals surface area (Å²) in [6.07, 6.45) is 15.0. The Kier molecular flexibility index (Phi) is 7.54. The van der Waals surface area contributed by atoms with Crippen molar-refractivity contribution in [3.05, 3.63) is 72.8 Å². The van der Waals surface area contributed by atoms with Crippen molar-refractivity contribution in [3.8, 4) is 22.6 Å². The molecule has 6 rings (SSSR count). The number of rotatable bonds is 3. The van der Waals surface area contributed by atoms with Crippen LogP contribution in [0.1, 0.15) is 64.2 Å². The zero-order valence-electron chi connectivity index (χ0n) is 20.6. The van der Waals surface area contributed by atoms with E-state index in [-0.39, 0.29) is 11.5 Å². The van der Waals surface area contributed by atoms with Gasteiger partial charge in [0.05, 0.1) is 12.1 Å². The monoisotopic (exact) mass is 467 g/mol. The van der Waals surface area contributed by atoms with Crippen LogP contribution in [0.5, 0.6) is 11.5 Å². The van der Waals surface area contributed by atoms with E-state index >= 15 is 0 Å². The molecule has 3 N–H and O–H groups in total. The number of quaternary nitrogens is 1. The maximum absolute atomic E-state index is 12.5. The first-order chi connectivity index (χ1) is 17.2. The second kappa shape index (κ2) is 11.1. The summed E-state index contributed by atoms with van der Waals surface area (Å²) in [7, 11) is 0. The normalized spacial score (nSPS) is 17.3. The summed E-state index contributed by atoms with van der Waals surface area (Å²) in [5.74, 6) is 0.0532. The van der Waals surface area contributed by atoms with Gasteiger partial charge in [0.25, 0.3) is 0 Å². The van der Waals surface area contributed by atoms with E-state index in [9.17, 15) is 10.2 Å². The smallest absolute Gasteiger partial charge is 0.124 e. The van der Waals surface area contributed by atoms with Gasteiger partial charge in [0.15, 0.2) is 0 Å². The van der Waals surface area contributed by atoms with Crippen LogP contribution < -0.4 is 10.4 Å². The van der Waals surface area contributed by atoms with Gasteiger partial charge >= 0.3 is 0 Å². The van der Waals surface area contributed by atoms with Crippen LogP contribution in [-0.4, -0.2) is 17.2 Å². The first-order valence-electron chi connectivity index (χ1n) is 13.5. The molecule has 2 aliphatic carbocycles. The minimum Gasteiger partial charge on any atom is -0.872 e. The van der Waals surface area contributed by atoms with Crippen LogP contribution in [0.15, 0.2) is 72.8 Å². The van der Waals surface area contributed by atoms with E-state index in [1.54, 1.807) is 12.1 Å². The average molecular weight is 468 g/mol. The van der Waals surface area contributed by atoms with Gasteiger partial charge in [-0.15, -0.1) is 5.75 Å². The summed E-state index contributed by atoms with van der Waals surface area (Å²) >= 11 is 0. The van der Waals surface area contributed by atoms with E-state index in [4.69, 9.17) is 0 Å². The summed E-state index contributed by atoms with van der Waals surface area (Å²) in [5.41, 5.74) is 1.17. The molecule has 0 bridgehead atoms. The Morgan fingerprint density at radius 3 is 1.63 bits per heavy atom. The third-order valence-corrected chi connectivity index (χ3v) is 7.89. The molecule has 35 heavy (non-hydrogen) atoms. The maximum Gasteiger partial charge on any atom is 0.124 e. The molecule has 0 amide bonds. The van der Waals surface area contributed by atoms with Gasteiger partial charge in [-0.2, -0.15) is 0 Å². The fourth-order valence-corrected chi connectivity index (χ4v) is 6.07. The molecule has 0 saturated heterocycles. The minimum absolute atomic E-state index is 0.0784. The van der Waals surface area contributed by atoms with E-state index in [0.29, 0.717) is 11.1 Å². The number of phenols is 1. The van der Waals surface area contributed by atoms with Crippen LogP contribution in [0.3, 0.4) is 0 Å². The summed E-state index contributed by atoms with van der Waals surface area (Å²) in [5, 5.41) is 29.4. The number of phenolic OH excluding ortho intramolecular Hbond substituents is 1. The number of benzene rings is 4. The third-order valence-electron chi connectivity index (χ3n) is 7.89. The molecule has 0 spiro atoms. The van der Waals surface area contributed by atoms with Crippen molar-refractivity contribution >= 4 is 21.5 Å². The molecule has 0 heterocycles. The van der Waals surface area contributed by atoms with Crippen molar-refractivity contribution in [1.82, 2.24) is 0 Å². The van der Waals surface area contributed by atoms with E-state index in [2.05, 4.69) is 5.32 Å². The van der Waals surface area contributed by atoms with Gasteiger partial charge in [-0.3, -0.25) is 0 Å². The minimum atomic E-state index is -0.0784. The van der Waals surface area contributed by atoms with Crippen LogP contribution in [-0.2, 0) is 0 Å². The Balaban J connectivity index is 0.000000166. The third kappa shape index (κ3) is 5.46. The lowest BCUT2D eigenvalue weighted by Crippen LogP contribution is -2.95. The number of nitrogens with two attached hydrogens (primary N) is 1. The largest absolute Gasteiger partial charge is 0.872 e. The van der Waals surface area contributed by atoms with E-state index in [1.165, 1.54) is 64.2 Å². The van der Waals surface area contributed by atoms with E-state index in [0.717, 1.165) is 33.6 Å². The highest BCUT2D eigenvalue weighted by atomic mass is 16.3. The lowest BCUT2D eigenvalue weighted by atomic mass is 9.91. The molecule has 3 nitrogen and oxygen atoms in total. The van der Waals surface area contributed by atoms with Gasteiger partial charge in [0, 0.05) is 5.56 Å². The van der Waals surface area contributed by atoms with Gasteiger partial charge in [-0.05, 0) is 84.5 Å². The first kappa shape index (κ1) is 23.7. The maximum atomic E-state index is 12.5. The van der Waals surface area contributed by atoms with Gasteiger partial charge < -0.3 is 15.5 Å². The number of hydrogen-bond acceptors (Lipinski definition) is 2. The second-order valence-electron chi connectivity index (χ2n) is 10.3. The molecule has 0 radical (unpaired) electrons. The molecule has 2 aliphatic rings. The summed E-state index contributed by atoms with van der Waals surface area (Å²) in [6, 6.07) is 24.4. The number of aromatic hydroxyl groups is 1. The Bertz CT molecular complexity index is 1170. The standard InChI is InChI=1S/C20H14O2.C12H23N/c21-17-11-9-13-5-1-3-7-15(13)19(17)20-16-8-4-2-6-14(16)10-12-18(20)22;1-3-7-11(8-4-1)13-12-9-5-2-6-10-12/h1-12,21-22H;11-13H,1-10H2. The lowest BCUT2D eigenvalue weighted by Gasteiger charge is -2.27. The fourth-order valence-electron chi connectivity index (χ4n) is 6.07. The SMILES string of the molecule is C1CCC([NH2+]C2CCCCC2)CC1.[O-]c1ccc2ccccc2c1-c1c(O)ccc2ccccc12. The van der Waals surface area contributed by atoms with Gasteiger partial charge in [0.2, 0.25) is 0 Å². The first-order valence-corrected chi connectivity index (χ1v) is 13.5. The predicted molar refractivity (Wildman–Crippen MR) is 144 cm³/mol. The molecule has 2 fully saturated rings. The highest BCUT2D eigenvalue weighted by Gasteiger charge is 2.22. The number of fused-ring (bicyclic) bond motifs is 2. The molecule has 0 aliphatic heterocycles. The van der Waals surface area contributed by atoms with Crippen molar-refractivity contribution in [1.29, 1.82) is 0 Å². The summed E-state index contributed by atoms with van der Waals surface area (Å²) < 4.78 is 0. The Morgan fingerprint density at radius 2 is 1.06 bits per heavy atom. The molecule has 4 aromatic carbocycles. The topological polar surface area (TPSA) is 59.9 Å². The van der Waals surface area contributed by atoms with Crippen LogP contribution in [0.4, 0.5) is 0 Å². The van der Waals surface area contributed by atoms with Crippen molar-refractivity contribution < 1.29 is 15.5 Å². The van der Waals surface area contributed by atoms with Crippen molar-refractivity contribution in [2.24, 2.45) is 0 Å². The molecule has 0 atom stereocenters. The number of hydrogen-bond donors (Lipinski definition) is 2. The molecule has 0 aromatic heterocycles. The van der Waals surface area contributed by atoms with E-state index in [1.807, 2.05) is 60.7 Å². The molecule has 2 saturated carbocycles. The van der Waals surface area contributed by atoms with Gasteiger partial charge in [-0.25, -0.2) is 0 Å². The van der Waals surface area contributed by atoms with Crippen LogP contribution >= 0.6 is 0 Å². The zero-order valence-corrected chi connectivity index (χ0v) is 20.6. The molecule has 4 aromatic rings. The van der Waals surface area contributed by atoms with Crippen LogP contribution in [0, 0.1) is 0 Å². The Hall–Kier alpha value is -3.04. The van der Waals surface area contributed by atoms with E-state index < -0.39 is 0 Å². The Morgan fingerprint density at radius 1 is 0.571 bits per heavy atom. The quantitative estimate of drug-likeness (QED) is 0.354. The van der Waals surface area contributed by atoms with Gasteiger partial charge in [0.1, 0.15) is 5.75 Å². The van der Waals surface area contributed by atoms with Crippen molar-refractivity contribution in [3.63, 3.8) is 0 Å². The van der Waals surface area contributed by atoms with Crippen molar-refractivity contribution in [2.45, 2.75) is 76.3 Å². The molecule has 182 valence electrons. The van der Waals surface area contributed by atoms with Crippen molar-refractivity contribution in [2.75, 3.05) is 0 Å². The molecular formula is C32H37NO2. The zero-order chi connectivity index (χ0) is 24.0. The van der Waals surface area contributed by atoms with Crippen LogP contribution in [0.2, 0.25) is 0 Å². The fraction of sp³-hybridized carbons (Fsp3) is 0.375. The predicted octanol–water partition coefficient (Wildman–Crippen LogP) is 6.65. The molecule has 0 unspecified atom stereocenters. The van der Waals surface area contributed by atoms with Gasteiger partial charge in [-0.1, -0.05) is 79.6 Å². The molecule has 3 heteroatoms. The summed E-state index contributed by atoms with van der Waals surface area (Å²) in [4.78, 5) is 0. The van der Waals surface area contributed by atoms with Crippen LogP contribution in [0.25, 0.3) is 32.7 Å². The summed E-state index contributed by atoms with van der Waals surface area (Å²) in [6.45, 7) is 0. The second-order valence-corrected chi connectivity index (χ2v) is 10.3. The highest BCUT2D eigenvalue weighted by molar-refractivity contribution is 6.09. The molecular weight excluding hydrogens is 430 g/mol. The lowest BCUT2D eigenvalue weighted by molar-refractivity contribution is -0.725.